The number of unbranched alkanes of at least 4 members (excludes halogenated alkanes) is 13. The van der Waals surface area contributed by atoms with Crippen LogP contribution in [0.2, 0.25) is 0 Å². The van der Waals surface area contributed by atoms with E-state index in [-0.39, 0.29) is 6.61 Å². The van der Waals surface area contributed by atoms with Crippen LogP contribution in [0.15, 0.2) is 0 Å². The Kier molecular flexibility index (Phi) is 17.0. The number of phosphoric acid groups is 1. The zero-order valence-corrected chi connectivity index (χ0v) is 18.9. The summed E-state index contributed by atoms with van der Waals surface area (Å²) < 4.78 is 20.3. The quantitative estimate of drug-likeness (QED) is 0.104. The van der Waals surface area contributed by atoms with Gasteiger partial charge in [-0.25, -0.2) is 14.3 Å². The molecule has 0 saturated heterocycles. The van der Waals surface area contributed by atoms with Crippen molar-refractivity contribution >= 4 is 7.82 Å². The second-order valence-electron chi connectivity index (χ2n) is 8.23. The van der Waals surface area contributed by atoms with E-state index in [1.165, 1.54) is 70.6 Å². The number of hydrogen-bond acceptors (Lipinski definition) is 5. The molecule has 0 aromatic carbocycles. The van der Waals surface area contributed by atoms with Crippen LogP contribution in [0.5, 0.6) is 0 Å². The Morgan fingerprint density at radius 1 is 0.704 bits per heavy atom. The second kappa shape index (κ2) is 16.9. The summed E-state index contributed by atoms with van der Waals surface area (Å²) in [6, 6.07) is 0. The van der Waals surface area contributed by atoms with Crippen molar-refractivity contribution in [1.29, 1.82) is 0 Å². The van der Waals surface area contributed by atoms with Crippen molar-refractivity contribution in [2.45, 2.75) is 123 Å². The van der Waals surface area contributed by atoms with Gasteiger partial charge in [0.1, 0.15) is 0 Å². The molecule has 6 nitrogen and oxygen atoms in total. The molecule has 0 radical (unpaired) electrons. The minimum absolute atomic E-state index is 0.265. The van der Waals surface area contributed by atoms with Crippen molar-refractivity contribution in [2.24, 2.45) is 0 Å². The molecule has 0 aromatic rings. The van der Waals surface area contributed by atoms with E-state index in [4.69, 9.17) is 9.78 Å². The molecule has 0 saturated carbocycles. The van der Waals surface area contributed by atoms with E-state index in [1.807, 2.05) is 0 Å². The molecule has 0 aliphatic carbocycles. The molecule has 0 spiro atoms. The normalized spacial score (nSPS) is 14.4. The summed E-state index contributed by atoms with van der Waals surface area (Å²) in [5.74, 6) is 0. The van der Waals surface area contributed by atoms with Crippen LogP contribution < -0.4 is 0 Å². The van der Waals surface area contributed by atoms with Gasteiger partial charge in [-0.3, -0.25) is 4.89 Å². The molecular weight excluding hydrogens is 367 g/mol. The Labute approximate surface area is 166 Å². The van der Waals surface area contributed by atoms with Crippen molar-refractivity contribution in [3.05, 3.63) is 0 Å². The molecular formula is C20H43O6P. The van der Waals surface area contributed by atoms with Gasteiger partial charge >= 0.3 is 7.82 Å². The molecule has 7 heteroatoms. The van der Waals surface area contributed by atoms with Crippen molar-refractivity contribution in [3.63, 3.8) is 0 Å². The van der Waals surface area contributed by atoms with E-state index in [2.05, 4.69) is 16.3 Å². The van der Waals surface area contributed by atoms with Crippen LogP contribution in [0.1, 0.15) is 118 Å². The summed E-state index contributed by atoms with van der Waals surface area (Å²) in [5, 5.41) is 0. The smallest absolute Gasteiger partial charge is 0.299 e. The van der Waals surface area contributed by atoms with Gasteiger partial charge in [0.25, 0.3) is 0 Å². The third-order valence-corrected chi connectivity index (χ3v) is 4.67. The molecule has 0 aliphatic rings. The van der Waals surface area contributed by atoms with E-state index in [0.29, 0.717) is 0 Å². The predicted molar refractivity (Wildman–Crippen MR) is 109 cm³/mol. The lowest BCUT2D eigenvalue weighted by atomic mass is 10.0. The van der Waals surface area contributed by atoms with Gasteiger partial charge in [0.15, 0.2) is 0 Å². The van der Waals surface area contributed by atoms with Crippen molar-refractivity contribution < 1.29 is 28.6 Å². The Bertz CT molecular complexity index is 370. The Balaban J connectivity index is 3.28. The first-order valence-electron chi connectivity index (χ1n) is 10.8. The molecule has 1 N–H and O–H groups in total. The average molecular weight is 411 g/mol. The fourth-order valence-corrected chi connectivity index (χ4v) is 3.18. The monoisotopic (exact) mass is 410 g/mol. The molecule has 0 rings (SSSR count). The lowest BCUT2D eigenvalue weighted by molar-refractivity contribution is -0.315. The predicted octanol–water partition coefficient (Wildman–Crippen LogP) is 7.26. The van der Waals surface area contributed by atoms with E-state index < -0.39 is 13.4 Å². The minimum Gasteiger partial charge on any atom is -0.299 e. The highest BCUT2D eigenvalue weighted by Crippen LogP contribution is 2.44. The molecule has 0 bridgehead atoms. The molecule has 0 aliphatic heterocycles. The first-order valence-corrected chi connectivity index (χ1v) is 12.3. The van der Waals surface area contributed by atoms with Gasteiger partial charge < -0.3 is 0 Å². The average Bonchev–Trinajstić information content (AvgIpc) is 2.59. The van der Waals surface area contributed by atoms with E-state index in [1.54, 1.807) is 20.8 Å². The number of hydrogen-bond donors (Lipinski definition) is 1. The van der Waals surface area contributed by atoms with Gasteiger partial charge in [-0.15, -0.1) is 9.35 Å². The van der Waals surface area contributed by atoms with Crippen LogP contribution >= 0.6 is 7.82 Å². The van der Waals surface area contributed by atoms with Crippen molar-refractivity contribution in [3.8, 4) is 0 Å². The van der Waals surface area contributed by atoms with Gasteiger partial charge in [-0.1, -0.05) is 90.4 Å². The van der Waals surface area contributed by atoms with E-state index >= 15 is 0 Å². The van der Waals surface area contributed by atoms with Crippen molar-refractivity contribution in [2.75, 3.05) is 6.61 Å². The molecule has 1 unspecified atom stereocenters. The van der Waals surface area contributed by atoms with E-state index in [0.717, 1.165) is 19.3 Å². The van der Waals surface area contributed by atoms with Crippen LogP contribution in [0.3, 0.4) is 0 Å². The Hall–Kier alpha value is 0.0300. The van der Waals surface area contributed by atoms with Gasteiger partial charge in [-0.05, 0) is 27.2 Å². The minimum atomic E-state index is -4.32. The first-order chi connectivity index (χ1) is 12.8. The van der Waals surface area contributed by atoms with Crippen LogP contribution in [0, 0.1) is 0 Å². The van der Waals surface area contributed by atoms with Crippen LogP contribution in [-0.2, 0) is 23.7 Å². The first kappa shape index (κ1) is 27.0. The number of rotatable bonds is 19. The summed E-state index contributed by atoms with van der Waals surface area (Å²) in [7, 11) is -4.32. The summed E-state index contributed by atoms with van der Waals surface area (Å²) >= 11 is 0. The Morgan fingerprint density at radius 2 is 1.11 bits per heavy atom. The maximum absolute atomic E-state index is 11.5. The fourth-order valence-electron chi connectivity index (χ4n) is 2.63. The van der Waals surface area contributed by atoms with Gasteiger partial charge in [0.05, 0.1) is 12.2 Å². The summed E-state index contributed by atoms with van der Waals surface area (Å²) in [6.45, 7) is 7.61. The maximum Gasteiger partial charge on any atom is 0.526 e. The molecule has 1 atom stereocenters. The summed E-state index contributed by atoms with van der Waals surface area (Å²) in [6.07, 6.45) is 17.8. The molecule has 0 aromatic heterocycles. The molecule has 0 amide bonds. The van der Waals surface area contributed by atoms with Crippen LogP contribution in [0.4, 0.5) is 0 Å². The molecule has 27 heavy (non-hydrogen) atoms. The Morgan fingerprint density at radius 3 is 1.52 bits per heavy atom. The van der Waals surface area contributed by atoms with Gasteiger partial charge in [-0.2, -0.15) is 0 Å². The summed E-state index contributed by atoms with van der Waals surface area (Å²) in [4.78, 5) is 18.9. The summed E-state index contributed by atoms with van der Waals surface area (Å²) in [5.41, 5.74) is -0.698. The third-order valence-electron chi connectivity index (χ3n) is 4.11. The van der Waals surface area contributed by atoms with Gasteiger partial charge in [0, 0.05) is 0 Å². The highest BCUT2D eigenvalue weighted by Gasteiger charge is 2.27. The second-order valence-corrected chi connectivity index (χ2v) is 9.47. The van der Waals surface area contributed by atoms with Gasteiger partial charge in [0.2, 0.25) is 0 Å². The lowest BCUT2D eigenvalue weighted by Gasteiger charge is -2.18. The molecule has 0 fully saturated rings. The highest BCUT2D eigenvalue weighted by molar-refractivity contribution is 7.47. The van der Waals surface area contributed by atoms with Crippen LogP contribution in [0.25, 0.3) is 0 Å². The highest BCUT2D eigenvalue weighted by atomic mass is 31.2. The zero-order chi connectivity index (χ0) is 20.4. The SMILES string of the molecule is CCCCCCCCCCCCCCCCOOP(=O)(O)OOC(C)(C)C. The lowest BCUT2D eigenvalue weighted by Crippen LogP contribution is -2.18. The molecule has 0 heterocycles. The zero-order valence-electron chi connectivity index (χ0n) is 18.0. The fraction of sp³-hybridized carbons (Fsp3) is 1.00. The van der Waals surface area contributed by atoms with Crippen LogP contribution in [-0.4, -0.2) is 17.1 Å². The molecule has 164 valence electrons. The standard InChI is InChI=1S/C20H43O6P/c1-5-6-7-8-9-10-11-12-13-14-15-16-17-18-19-23-25-27(21,22)26-24-20(2,3)4/h5-19H2,1-4H3,(H,21,22). The van der Waals surface area contributed by atoms with Crippen molar-refractivity contribution in [1.82, 2.24) is 0 Å². The van der Waals surface area contributed by atoms with E-state index in [9.17, 15) is 9.46 Å². The topological polar surface area (TPSA) is 74.2 Å². The largest absolute Gasteiger partial charge is 0.526 e. The third kappa shape index (κ3) is 22.2. The maximum atomic E-state index is 11.5.